The molecule has 2 nitrogen and oxygen atoms in total. The predicted molar refractivity (Wildman–Crippen MR) is 78.6 cm³/mol. The Morgan fingerprint density at radius 3 is 2.50 bits per heavy atom. The van der Waals surface area contributed by atoms with E-state index in [-0.39, 0.29) is 0 Å². The van der Waals surface area contributed by atoms with E-state index in [1.165, 1.54) is 45.2 Å². The third-order valence-corrected chi connectivity index (χ3v) is 5.63. The molecule has 0 amide bonds. The Bertz CT molecular complexity index is 287. The molecule has 2 aliphatic rings. The summed E-state index contributed by atoms with van der Waals surface area (Å²) in [6.07, 6.45) is 6.74. The van der Waals surface area contributed by atoms with Crippen LogP contribution in [0.2, 0.25) is 0 Å². The van der Waals surface area contributed by atoms with E-state index in [9.17, 15) is 0 Å². The van der Waals surface area contributed by atoms with E-state index in [0.29, 0.717) is 11.0 Å². The molecule has 3 unspecified atom stereocenters. The Morgan fingerprint density at radius 2 is 1.94 bits per heavy atom. The summed E-state index contributed by atoms with van der Waals surface area (Å²) >= 11 is 0. The van der Waals surface area contributed by atoms with Gasteiger partial charge in [-0.1, -0.05) is 27.7 Å². The summed E-state index contributed by atoms with van der Waals surface area (Å²) in [5.41, 5.74) is 7.02. The Morgan fingerprint density at radius 1 is 1.22 bits per heavy atom. The lowest BCUT2D eigenvalue weighted by Gasteiger charge is -2.55. The van der Waals surface area contributed by atoms with Gasteiger partial charge in [0.15, 0.2) is 0 Å². The second kappa shape index (κ2) is 5.13. The number of hydrogen-bond donors (Lipinski definition) is 1. The van der Waals surface area contributed by atoms with Crippen molar-refractivity contribution in [3.63, 3.8) is 0 Å². The van der Waals surface area contributed by atoms with Gasteiger partial charge >= 0.3 is 0 Å². The van der Waals surface area contributed by atoms with Gasteiger partial charge in [0, 0.05) is 18.6 Å². The van der Waals surface area contributed by atoms with Gasteiger partial charge in [-0.15, -0.1) is 0 Å². The zero-order valence-corrected chi connectivity index (χ0v) is 12.8. The molecule has 1 heterocycles. The zero-order valence-electron chi connectivity index (χ0n) is 12.8. The fraction of sp³-hybridized carbons (Fsp3) is 1.00. The topological polar surface area (TPSA) is 29.3 Å². The molecule has 1 saturated heterocycles. The minimum atomic E-state index is 0.296. The van der Waals surface area contributed by atoms with Crippen LogP contribution in [0, 0.1) is 17.3 Å². The minimum Gasteiger partial charge on any atom is -0.329 e. The first-order chi connectivity index (χ1) is 8.39. The highest BCUT2D eigenvalue weighted by atomic mass is 15.2. The molecule has 106 valence electrons. The van der Waals surface area contributed by atoms with E-state index in [1.807, 2.05) is 0 Å². The monoisotopic (exact) mass is 252 g/mol. The van der Waals surface area contributed by atoms with Crippen LogP contribution in [0.25, 0.3) is 0 Å². The molecule has 1 aliphatic carbocycles. The maximum absolute atomic E-state index is 6.25. The Balaban J connectivity index is 2.16. The number of hydrogen-bond acceptors (Lipinski definition) is 2. The van der Waals surface area contributed by atoms with Crippen LogP contribution in [-0.2, 0) is 0 Å². The second-order valence-electron chi connectivity index (χ2n) is 7.78. The highest BCUT2D eigenvalue weighted by Crippen LogP contribution is 2.43. The van der Waals surface area contributed by atoms with Crippen LogP contribution in [0.15, 0.2) is 0 Å². The maximum atomic E-state index is 6.25. The van der Waals surface area contributed by atoms with Crippen molar-refractivity contribution in [2.75, 3.05) is 19.6 Å². The molecule has 0 bridgehead atoms. The van der Waals surface area contributed by atoms with E-state index in [1.54, 1.807) is 0 Å². The maximum Gasteiger partial charge on any atom is 0.0357 e. The second-order valence-corrected chi connectivity index (χ2v) is 7.78. The average Bonchev–Trinajstić information content (AvgIpc) is 2.28. The largest absolute Gasteiger partial charge is 0.329 e. The molecule has 0 aromatic rings. The number of nitrogens with zero attached hydrogens (tertiary/aromatic N) is 1. The Labute approximate surface area is 113 Å². The van der Waals surface area contributed by atoms with Gasteiger partial charge < -0.3 is 5.73 Å². The molecule has 0 spiro atoms. The van der Waals surface area contributed by atoms with E-state index in [0.717, 1.165) is 18.4 Å². The smallest absolute Gasteiger partial charge is 0.0357 e. The van der Waals surface area contributed by atoms with E-state index in [2.05, 4.69) is 32.6 Å². The fourth-order valence-electron chi connectivity index (χ4n) is 4.39. The summed E-state index contributed by atoms with van der Waals surface area (Å²) in [4.78, 5) is 2.76. The predicted octanol–water partition coefficient (Wildman–Crippen LogP) is 3.26. The summed E-state index contributed by atoms with van der Waals surface area (Å²) in [7, 11) is 0. The molecule has 3 atom stereocenters. The summed E-state index contributed by atoms with van der Waals surface area (Å²) in [5.74, 6) is 1.64. The molecule has 2 fully saturated rings. The molecular formula is C16H32N2. The van der Waals surface area contributed by atoms with Crippen LogP contribution in [0.5, 0.6) is 0 Å². The van der Waals surface area contributed by atoms with Crippen molar-refractivity contribution in [3.8, 4) is 0 Å². The van der Waals surface area contributed by atoms with Gasteiger partial charge in [-0.25, -0.2) is 0 Å². The number of rotatable bonds is 2. The number of likely N-dealkylation sites (tertiary alicyclic amines) is 1. The van der Waals surface area contributed by atoms with Gasteiger partial charge in [0.05, 0.1) is 0 Å². The summed E-state index contributed by atoms with van der Waals surface area (Å²) in [6.45, 7) is 13.0. The third kappa shape index (κ3) is 2.60. The average molecular weight is 252 g/mol. The lowest BCUT2D eigenvalue weighted by atomic mass is 9.67. The van der Waals surface area contributed by atoms with E-state index in [4.69, 9.17) is 5.73 Å². The first-order valence-electron chi connectivity index (χ1n) is 7.85. The van der Waals surface area contributed by atoms with Crippen molar-refractivity contribution in [2.45, 2.75) is 65.3 Å². The summed E-state index contributed by atoms with van der Waals surface area (Å²) in [5, 5.41) is 0. The normalized spacial score (nSPS) is 41.8. The van der Waals surface area contributed by atoms with Crippen LogP contribution in [0.1, 0.15) is 59.8 Å². The van der Waals surface area contributed by atoms with Crippen LogP contribution in [0.3, 0.4) is 0 Å². The molecule has 0 aromatic heterocycles. The highest BCUT2D eigenvalue weighted by Gasteiger charge is 2.45. The molecule has 18 heavy (non-hydrogen) atoms. The number of piperidine rings is 1. The Kier molecular flexibility index (Phi) is 4.08. The zero-order chi connectivity index (χ0) is 13.4. The molecule has 1 aliphatic heterocycles. The molecule has 0 aromatic carbocycles. The van der Waals surface area contributed by atoms with Crippen LogP contribution >= 0.6 is 0 Å². The standard InChI is InChI=1S/C16H32N2/c1-13-6-8-16(11-17,14(2)10-13)18-9-5-7-15(3,4)12-18/h13-14H,5-12,17H2,1-4H3. The van der Waals surface area contributed by atoms with Gasteiger partial charge in [0.1, 0.15) is 0 Å². The minimum absolute atomic E-state index is 0.296. The molecule has 0 radical (unpaired) electrons. The van der Waals surface area contributed by atoms with Gasteiger partial charge in [-0.2, -0.15) is 0 Å². The lowest BCUT2D eigenvalue weighted by Crippen LogP contribution is -2.63. The fourth-order valence-corrected chi connectivity index (χ4v) is 4.39. The van der Waals surface area contributed by atoms with Crippen molar-refractivity contribution < 1.29 is 0 Å². The highest BCUT2D eigenvalue weighted by molar-refractivity contribution is 5.01. The molecule has 2 rings (SSSR count). The third-order valence-electron chi connectivity index (χ3n) is 5.63. The molecule has 2 heteroatoms. The van der Waals surface area contributed by atoms with Gasteiger partial charge in [0.25, 0.3) is 0 Å². The first kappa shape index (κ1) is 14.3. The molecular weight excluding hydrogens is 220 g/mol. The van der Waals surface area contributed by atoms with Crippen molar-refractivity contribution in [1.29, 1.82) is 0 Å². The van der Waals surface area contributed by atoms with Crippen LogP contribution in [0.4, 0.5) is 0 Å². The van der Waals surface area contributed by atoms with Crippen molar-refractivity contribution in [2.24, 2.45) is 23.0 Å². The molecule has 2 N–H and O–H groups in total. The van der Waals surface area contributed by atoms with Crippen molar-refractivity contribution in [3.05, 3.63) is 0 Å². The lowest BCUT2D eigenvalue weighted by molar-refractivity contribution is -0.0420. The van der Waals surface area contributed by atoms with E-state index >= 15 is 0 Å². The SMILES string of the molecule is CC1CCC(CN)(N2CCCC(C)(C)C2)C(C)C1. The van der Waals surface area contributed by atoms with Gasteiger partial charge in [-0.05, 0) is 55.9 Å². The summed E-state index contributed by atoms with van der Waals surface area (Å²) in [6, 6.07) is 0. The van der Waals surface area contributed by atoms with Crippen LogP contribution < -0.4 is 5.73 Å². The quantitative estimate of drug-likeness (QED) is 0.817. The Hall–Kier alpha value is -0.0800. The first-order valence-corrected chi connectivity index (χ1v) is 7.85. The summed E-state index contributed by atoms with van der Waals surface area (Å²) < 4.78 is 0. The van der Waals surface area contributed by atoms with Crippen molar-refractivity contribution in [1.82, 2.24) is 4.90 Å². The number of nitrogens with two attached hydrogens (primary N) is 1. The molecule has 1 saturated carbocycles. The van der Waals surface area contributed by atoms with Crippen molar-refractivity contribution >= 4 is 0 Å². The van der Waals surface area contributed by atoms with Gasteiger partial charge in [0.2, 0.25) is 0 Å². The van der Waals surface area contributed by atoms with E-state index < -0.39 is 0 Å². The van der Waals surface area contributed by atoms with Crippen LogP contribution in [-0.4, -0.2) is 30.1 Å². The van der Waals surface area contributed by atoms with Gasteiger partial charge in [-0.3, -0.25) is 4.90 Å².